The van der Waals surface area contributed by atoms with Gasteiger partial charge in [-0.3, -0.25) is 20.3 Å². The summed E-state index contributed by atoms with van der Waals surface area (Å²) in [5.74, 6) is -0.172. The summed E-state index contributed by atoms with van der Waals surface area (Å²) in [4.78, 5) is 42.8. The van der Waals surface area contributed by atoms with Crippen LogP contribution in [0.2, 0.25) is 0 Å². The lowest BCUT2D eigenvalue weighted by Gasteiger charge is -2.39. The van der Waals surface area contributed by atoms with Gasteiger partial charge in [0.05, 0.1) is 19.3 Å². The van der Waals surface area contributed by atoms with E-state index in [0.29, 0.717) is 36.4 Å². The van der Waals surface area contributed by atoms with E-state index in [-0.39, 0.29) is 35.2 Å². The summed E-state index contributed by atoms with van der Waals surface area (Å²) in [6.45, 7) is 2.88. The number of quaternary nitrogens is 1. The Kier molecular flexibility index (Phi) is 8.02. The molecule has 9 nitrogen and oxygen atoms in total. The van der Waals surface area contributed by atoms with E-state index in [9.17, 15) is 14.4 Å². The van der Waals surface area contributed by atoms with Gasteiger partial charge in [-0.2, -0.15) is 0 Å². The Morgan fingerprint density at radius 3 is 2.20 bits per heavy atom. The van der Waals surface area contributed by atoms with Crippen LogP contribution in [0.5, 0.6) is 5.75 Å². The maximum absolute atomic E-state index is 13.8. The Hall–Kier alpha value is -3.98. The van der Waals surface area contributed by atoms with Gasteiger partial charge in [0.15, 0.2) is 0 Å². The normalized spacial score (nSPS) is 18.9. The maximum atomic E-state index is 13.8. The van der Waals surface area contributed by atoms with Gasteiger partial charge >= 0.3 is 11.9 Å². The number of anilines is 2. The minimum Gasteiger partial charge on any atom is -0.497 e. The summed E-state index contributed by atoms with van der Waals surface area (Å²) in [6.07, 6.45) is 6.74. The topological polar surface area (TPSA) is 117 Å². The third-order valence-corrected chi connectivity index (χ3v) is 8.42. The first-order valence-corrected chi connectivity index (χ1v) is 14.0. The van der Waals surface area contributed by atoms with Gasteiger partial charge in [-0.25, -0.2) is 4.79 Å². The molecule has 9 heteroatoms. The molecule has 40 heavy (non-hydrogen) atoms. The molecule has 2 aromatic rings. The molecule has 0 bridgehead atoms. The van der Waals surface area contributed by atoms with Crippen molar-refractivity contribution in [2.75, 3.05) is 36.6 Å². The van der Waals surface area contributed by atoms with Crippen molar-refractivity contribution < 1.29 is 29.2 Å². The molecular weight excluding hydrogens is 508 g/mol. The van der Waals surface area contributed by atoms with E-state index in [1.54, 1.807) is 36.4 Å². The quantitative estimate of drug-likeness (QED) is 0.297. The number of rotatable bonds is 8. The summed E-state index contributed by atoms with van der Waals surface area (Å²) >= 11 is 0. The van der Waals surface area contributed by atoms with Crippen molar-refractivity contribution in [3.05, 3.63) is 59.8 Å². The molecule has 1 aliphatic carbocycles. The van der Waals surface area contributed by atoms with E-state index < -0.39 is 5.97 Å². The van der Waals surface area contributed by atoms with Gasteiger partial charge in [0.2, 0.25) is 11.6 Å². The fourth-order valence-corrected chi connectivity index (χ4v) is 6.20. The molecule has 3 aliphatic rings. The van der Waals surface area contributed by atoms with Crippen LogP contribution >= 0.6 is 0 Å². The lowest BCUT2D eigenvalue weighted by molar-refractivity contribution is -0.512. The van der Waals surface area contributed by atoms with Crippen LogP contribution < -0.4 is 19.9 Å². The van der Waals surface area contributed by atoms with Gasteiger partial charge in [0, 0.05) is 43.0 Å². The number of nitrogens with two attached hydrogens (primary N) is 1. The standard InChI is InChI=1S/C31H36N4O5/c1-3-40-30(38)27(32)25-14-18-35(29(37)28(25)33-21-6-12-24(39-2)13-7-21)23-10-8-22(9-11-23)34-19-17-31(20-26(34)36)15-4-5-16-31/h6-13,32-33H,3-5,14-20H2,1-2H3/p+1. The summed E-state index contributed by atoms with van der Waals surface area (Å²) in [7, 11) is 1.58. The van der Waals surface area contributed by atoms with Crippen molar-refractivity contribution in [3.63, 3.8) is 0 Å². The van der Waals surface area contributed by atoms with Crippen molar-refractivity contribution in [1.82, 2.24) is 0 Å². The Morgan fingerprint density at radius 2 is 1.60 bits per heavy atom. The van der Waals surface area contributed by atoms with Crippen LogP contribution in [0.4, 0.5) is 17.1 Å². The highest BCUT2D eigenvalue weighted by Crippen LogP contribution is 2.47. The highest BCUT2D eigenvalue weighted by molar-refractivity contribution is 6.43. The average Bonchev–Trinajstić information content (AvgIpc) is 3.42. The third kappa shape index (κ3) is 5.51. The maximum Gasteiger partial charge on any atom is 0.356 e. The fourth-order valence-electron chi connectivity index (χ4n) is 6.20. The smallest absolute Gasteiger partial charge is 0.356 e. The highest BCUT2D eigenvalue weighted by atomic mass is 16.5. The number of esters is 1. The van der Waals surface area contributed by atoms with Crippen molar-refractivity contribution >= 4 is 40.6 Å². The second-order valence-electron chi connectivity index (χ2n) is 10.8. The minimum atomic E-state index is -0.741. The van der Waals surface area contributed by atoms with Crippen molar-refractivity contribution in [2.45, 2.75) is 51.9 Å². The molecule has 0 radical (unpaired) electrons. The molecule has 1 saturated heterocycles. The van der Waals surface area contributed by atoms with Gasteiger partial charge in [-0.1, -0.05) is 12.8 Å². The second kappa shape index (κ2) is 11.6. The SMILES string of the molecule is CCOC(=O)C(=N)C1=C([NH2+]c2ccc(OC)cc2)C(=O)N(c2ccc(N3CCC4(CCCC4)CC3=O)cc2)CC1. The van der Waals surface area contributed by atoms with Crippen LogP contribution in [-0.2, 0) is 19.1 Å². The first-order valence-electron chi connectivity index (χ1n) is 14.0. The Balaban J connectivity index is 1.37. The van der Waals surface area contributed by atoms with E-state index in [0.717, 1.165) is 37.2 Å². The van der Waals surface area contributed by atoms with Gasteiger partial charge in [-0.15, -0.1) is 0 Å². The zero-order valence-electron chi connectivity index (χ0n) is 23.2. The second-order valence-corrected chi connectivity index (χ2v) is 10.8. The first-order chi connectivity index (χ1) is 19.3. The number of carbonyl (C=O) groups excluding carboxylic acids is 3. The number of hydrogen-bond donors (Lipinski definition) is 2. The molecule has 5 rings (SSSR count). The number of carbonyl (C=O) groups is 3. The Morgan fingerprint density at radius 1 is 0.950 bits per heavy atom. The predicted octanol–water partition coefficient (Wildman–Crippen LogP) is 3.85. The summed E-state index contributed by atoms with van der Waals surface area (Å²) in [6, 6.07) is 14.8. The summed E-state index contributed by atoms with van der Waals surface area (Å²) in [5.41, 5.74) is 2.85. The highest BCUT2D eigenvalue weighted by Gasteiger charge is 2.41. The lowest BCUT2D eigenvalue weighted by Crippen LogP contribution is -2.80. The number of nitrogens with zero attached hydrogens (tertiary/aromatic N) is 2. The monoisotopic (exact) mass is 545 g/mol. The predicted molar refractivity (Wildman–Crippen MR) is 152 cm³/mol. The van der Waals surface area contributed by atoms with Gasteiger partial charge in [0.1, 0.15) is 17.1 Å². The molecule has 1 spiro atoms. The average molecular weight is 546 g/mol. The number of piperidine rings is 1. The number of benzene rings is 2. The first kappa shape index (κ1) is 27.6. The number of nitrogens with one attached hydrogen (secondary N) is 1. The van der Waals surface area contributed by atoms with Crippen LogP contribution in [0.15, 0.2) is 59.8 Å². The molecular formula is C31H37N4O5+. The van der Waals surface area contributed by atoms with E-state index in [1.165, 1.54) is 12.8 Å². The summed E-state index contributed by atoms with van der Waals surface area (Å²) < 4.78 is 10.3. The van der Waals surface area contributed by atoms with Crippen molar-refractivity contribution in [2.24, 2.45) is 5.41 Å². The zero-order valence-corrected chi connectivity index (χ0v) is 23.2. The van der Waals surface area contributed by atoms with Crippen molar-refractivity contribution in [1.29, 1.82) is 5.41 Å². The van der Waals surface area contributed by atoms with Gasteiger partial charge in [0.25, 0.3) is 0 Å². The van der Waals surface area contributed by atoms with Gasteiger partial charge < -0.3 is 19.3 Å². The fraction of sp³-hybridized carbons (Fsp3) is 0.419. The minimum absolute atomic E-state index is 0.152. The largest absolute Gasteiger partial charge is 0.497 e. The molecule has 3 N–H and O–H groups in total. The number of ether oxygens (including phenoxy) is 2. The van der Waals surface area contributed by atoms with Crippen LogP contribution in [0.25, 0.3) is 0 Å². The third-order valence-electron chi connectivity index (χ3n) is 8.42. The van der Waals surface area contributed by atoms with E-state index in [2.05, 4.69) is 0 Å². The lowest BCUT2D eigenvalue weighted by atomic mass is 9.76. The van der Waals surface area contributed by atoms with Crippen molar-refractivity contribution in [3.8, 4) is 5.75 Å². The molecule has 2 aliphatic heterocycles. The molecule has 1 saturated carbocycles. The van der Waals surface area contributed by atoms with Gasteiger partial charge in [-0.05, 0) is 74.4 Å². The van der Waals surface area contributed by atoms with E-state index >= 15 is 0 Å². The van der Waals surface area contributed by atoms with Crippen LogP contribution in [0.3, 0.4) is 0 Å². The molecule has 2 fully saturated rings. The molecule has 0 aromatic heterocycles. The van der Waals surface area contributed by atoms with E-state index in [4.69, 9.17) is 14.9 Å². The van der Waals surface area contributed by atoms with Crippen LogP contribution in [-0.4, -0.2) is 50.3 Å². The van der Waals surface area contributed by atoms with Crippen LogP contribution in [0.1, 0.15) is 51.9 Å². The number of hydrogen-bond acceptors (Lipinski definition) is 6. The molecule has 210 valence electrons. The number of amides is 2. The van der Waals surface area contributed by atoms with Crippen LogP contribution in [0, 0.1) is 10.8 Å². The Labute approximate surface area is 234 Å². The van der Waals surface area contributed by atoms with E-state index in [1.807, 2.05) is 41.3 Å². The summed E-state index contributed by atoms with van der Waals surface area (Å²) in [5, 5.41) is 10.2. The number of methoxy groups -OCH3 is 1. The molecule has 0 atom stereocenters. The Bertz CT molecular complexity index is 1330. The molecule has 2 amide bonds. The zero-order chi connectivity index (χ0) is 28.3. The molecule has 2 aromatic carbocycles. The molecule has 2 heterocycles. The molecule has 0 unspecified atom stereocenters.